The molecule has 2 amide bonds. The number of sulfonamides is 1. The summed E-state index contributed by atoms with van der Waals surface area (Å²) in [6.45, 7) is -0.0975. The third kappa shape index (κ3) is 3.07. The second-order valence-corrected chi connectivity index (χ2v) is 8.42. The van der Waals surface area contributed by atoms with Gasteiger partial charge in [0.05, 0.1) is 12.1 Å². The molecule has 0 aliphatic carbocycles. The SMILES string of the molecule is CN(C[C@H]1COc2ccccc2O1)C(=O)CN1C(=O)c2ccccc2S1(=O)=O. The number of hydrogen-bond acceptors (Lipinski definition) is 6. The van der Waals surface area contributed by atoms with Gasteiger partial charge in [-0.25, -0.2) is 12.7 Å². The Kier molecular flexibility index (Phi) is 4.46. The van der Waals surface area contributed by atoms with Crippen molar-refractivity contribution in [1.29, 1.82) is 0 Å². The number of rotatable bonds is 4. The number of amides is 2. The van der Waals surface area contributed by atoms with Crippen LogP contribution in [-0.4, -0.2) is 62.3 Å². The summed E-state index contributed by atoms with van der Waals surface area (Å²) in [7, 11) is -2.48. The Morgan fingerprint density at radius 3 is 2.57 bits per heavy atom. The number of carbonyl (C=O) groups is 2. The predicted molar refractivity (Wildman–Crippen MR) is 98.7 cm³/mol. The van der Waals surface area contributed by atoms with Gasteiger partial charge in [-0.15, -0.1) is 0 Å². The molecular formula is C19H18N2O6S. The van der Waals surface area contributed by atoms with Gasteiger partial charge >= 0.3 is 0 Å². The van der Waals surface area contributed by atoms with Gasteiger partial charge in [0.1, 0.15) is 18.0 Å². The van der Waals surface area contributed by atoms with Gasteiger partial charge in [0.2, 0.25) is 5.91 Å². The van der Waals surface area contributed by atoms with Gasteiger partial charge in [0.25, 0.3) is 15.9 Å². The number of likely N-dealkylation sites (N-methyl/N-ethyl adjacent to an activating group) is 1. The Bertz CT molecular complexity index is 1050. The maximum Gasteiger partial charge on any atom is 0.269 e. The summed E-state index contributed by atoms with van der Waals surface area (Å²) in [6, 6.07) is 13.2. The van der Waals surface area contributed by atoms with Gasteiger partial charge in [-0.05, 0) is 24.3 Å². The van der Waals surface area contributed by atoms with Gasteiger partial charge < -0.3 is 14.4 Å². The summed E-state index contributed by atoms with van der Waals surface area (Å²) in [5, 5.41) is 0. The average Bonchev–Trinajstić information content (AvgIpc) is 2.89. The van der Waals surface area contributed by atoms with Crippen LogP contribution in [0.5, 0.6) is 11.5 Å². The van der Waals surface area contributed by atoms with E-state index in [0.717, 1.165) is 0 Å². The molecule has 146 valence electrons. The van der Waals surface area contributed by atoms with E-state index in [1.807, 2.05) is 12.1 Å². The van der Waals surface area contributed by atoms with E-state index >= 15 is 0 Å². The smallest absolute Gasteiger partial charge is 0.269 e. The summed E-state index contributed by atoms with van der Waals surface area (Å²) >= 11 is 0. The molecule has 28 heavy (non-hydrogen) atoms. The Labute approximate surface area is 162 Å². The van der Waals surface area contributed by atoms with E-state index in [0.29, 0.717) is 15.8 Å². The molecule has 9 heteroatoms. The van der Waals surface area contributed by atoms with Crippen LogP contribution in [0.3, 0.4) is 0 Å². The first-order valence-electron chi connectivity index (χ1n) is 8.66. The first kappa shape index (κ1) is 18.3. The monoisotopic (exact) mass is 402 g/mol. The Morgan fingerprint density at radius 1 is 1.14 bits per heavy atom. The van der Waals surface area contributed by atoms with Crippen LogP contribution in [0.4, 0.5) is 0 Å². The van der Waals surface area contributed by atoms with E-state index in [-0.39, 0.29) is 23.6 Å². The molecule has 0 N–H and O–H groups in total. The van der Waals surface area contributed by atoms with Crippen LogP contribution in [-0.2, 0) is 14.8 Å². The fourth-order valence-corrected chi connectivity index (χ4v) is 4.71. The average molecular weight is 402 g/mol. The largest absolute Gasteiger partial charge is 0.486 e. The Morgan fingerprint density at radius 2 is 1.82 bits per heavy atom. The molecule has 4 rings (SSSR count). The molecule has 2 aliphatic rings. The fraction of sp³-hybridized carbons (Fsp3) is 0.263. The molecule has 0 unspecified atom stereocenters. The fourth-order valence-electron chi connectivity index (χ4n) is 3.19. The van der Waals surface area contributed by atoms with Crippen LogP contribution in [0.15, 0.2) is 53.4 Å². The van der Waals surface area contributed by atoms with Gasteiger partial charge in [-0.2, -0.15) is 0 Å². The third-order valence-corrected chi connectivity index (χ3v) is 6.45. The highest BCUT2D eigenvalue weighted by atomic mass is 32.2. The van der Waals surface area contributed by atoms with E-state index in [4.69, 9.17) is 9.47 Å². The first-order chi connectivity index (χ1) is 13.4. The highest BCUT2D eigenvalue weighted by molar-refractivity contribution is 7.90. The lowest BCUT2D eigenvalue weighted by molar-refractivity contribution is -0.131. The van der Waals surface area contributed by atoms with Gasteiger partial charge in [-0.1, -0.05) is 24.3 Å². The molecule has 0 fully saturated rings. The minimum Gasteiger partial charge on any atom is -0.486 e. The topological polar surface area (TPSA) is 93.2 Å². The van der Waals surface area contributed by atoms with Crippen LogP contribution in [0, 0.1) is 0 Å². The minimum atomic E-state index is -4.02. The summed E-state index contributed by atoms with van der Waals surface area (Å²) in [5.74, 6) is 0.0299. The van der Waals surface area contributed by atoms with Crippen LogP contribution < -0.4 is 9.47 Å². The standard InChI is InChI=1S/C19H18N2O6S/c1-20(10-13-12-26-15-7-3-4-8-16(15)27-13)18(22)11-21-19(23)14-6-2-5-9-17(14)28(21,24)25/h2-9,13H,10-12H2,1H3/t13-/m0/s1. The van der Waals surface area contributed by atoms with Gasteiger partial charge in [0.15, 0.2) is 17.6 Å². The molecule has 0 aromatic heterocycles. The summed E-state index contributed by atoms with van der Waals surface area (Å²) in [5.41, 5.74) is 0.0820. The number of hydrogen-bond donors (Lipinski definition) is 0. The van der Waals surface area contributed by atoms with E-state index < -0.39 is 34.5 Å². The van der Waals surface area contributed by atoms with E-state index in [2.05, 4.69) is 0 Å². The molecular weight excluding hydrogens is 384 g/mol. The highest BCUT2D eigenvalue weighted by Gasteiger charge is 2.42. The van der Waals surface area contributed by atoms with Crippen molar-refractivity contribution in [3.8, 4) is 11.5 Å². The maximum atomic E-state index is 12.6. The molecule has 2 aromatic rings. The van der Waals surface area contributed by atoms with Crippen LogP contribution in [0.25, 0.3) is 0 Å². The number of para-hydroxylation sites is 2. The lowest BCUT2D eigenvalue weighted by Crippen LogP contribution is -2.46. The number of fused-ring (bicyclic) bond motifs is 2. The summed E-state index contributed by atoms with van der Waals surface area (Å²) < 4.78 is 37.2. The normalized spacial score (nSPS) is 19.2. The van der Waals surface area contributed by atoms with Crippen molar-refractivity contribution in [2.45, 2.75) is 11.0 Å². The number of ether oxygens (including phenoxy) is 2. The number of carbonyl (C=O) groups excluding carboxylic acids is 2. The summed E-state index contributed by atoms with van der Waals surface area (Å²) in [4.78, 5) is 26.3. The van der Waals surface area contributed by atoms with E-state index in [1.165, 1.54) is 24.1 Å². The summed E-state index contributed by atoms with van der Waals surface area (Å²) in [6.07, 6.45) is -0.396. The predicted octanol–water partition coefficient (Wildman–Crippen LogP) is 1.13. The number of benzene rings is 2. The van der Waals surface area contributed by atoms with E-state index in [1.54, 1.807) is 24.3 Å². The third-order valence-electron chi connectivity index (χ3n) is 4.66. The first-order valence-corrected chi connectivity index (χ1v) is 10.1. The van der Waals surface area contributed by atoms with Crippen LogP contribution >= 0.6 is 0 Å². The van der Waals surface area contributed by atoms with Gasteiger partial charge in [-0.3, -0.25) is 9.59 Å². The molecule has 0 bridgehead atoms. The van der Waals surface area contributed by atoms with Crippen LogP contribution in [0.1, 0.15) is 10.4 Å². The van der Waals surface area contributed by atoms with E-state index in [9.17, 15) is 18.0 Å². The zero-order valence-electron chi connectivity index (χ0n) is 15.1. The molecule has 1 atom stereocenters. The van der Waals surface area contributed by atoms with Crippen LogP contribution in [0.2, 0.25) is 0 Å². The van der Waals surface area contributed by atoms with Gasteiger partial charge in [0, 0.05) is 7.05 Å². The maximum absolute atomic E-state index is 12.6. The molecule has 2 aliphatic heterocycles. The molecule has 8 nitrogen and oxygen atoms in total. The Balaban J connectivity index is 1.43. The van der Waals surface area contributed by atoms with Crippen molar-refractivity contribution < 1.29 is 27.5 Å². The lowest BCUT2D eigenvalue weighted by Gasteiger charge is -2.30. The van der Waals surface area contributed by atoms with Crippen molar-refractivity contribution in [3.05, 3.63) is 54.1 Å². The lowest BCUT2D eigenvalue weighted by atomic mass is 10.2. The van der Waals surface area contributed by atoms with Crippen molar-refractivity contribution >= 4 is 21.8 Å². The van der Waals surface area contributed by atoms with Crippen molar-refractivity contribution in [2.24, 2.45) is 0 Å². The van der Waals surface area contributed by atoms with Crippen molar-refractivity contribution in [1.82, 2.24) is 9.21 Å². The second kappa shape index (κ2) is 6.83. The Hall–Kier alpha value is -3.07. The van der Waals surface area contributed by atoms with Crippen molar-refractivity contribution in [2.75, 3.05) is 26.7 Å². The molecule has 0 radical (unpaired) electrons. The van der Waals surface area contributed by atoms with Crippen molar-refractivity contribution in [3.63, 3.8) is 0 Å². The zero-order chi connectivity index (χ0) is 19.9. The number of nitrogens with zero attached hydrogens (tertiary/aromatic N) is 2. The molecule has 0 saturated carbocycles. The minimum absolute atomic E-state index is 0.0731. The quantitative estimate of drug-likeness (QED) is 0.761. The highest BCUT2D eigenvalue weighted by Crippen LogP contribution is 2.31. The molecule has 0 spiro atoms. The molecule has 2 aromatic carbocycles. The zero-order valence-corrected chi connectivity index (χ0v) is 15.9. The second-order valence-electron chi connectivity index (χ2n) is 6.58. The molecule has 2 heterocycles. The molecule has 0 saturated heterocycles.